The summed E-state index contributed by atoms with van der Waals surface area (Å²) in [5, 5.41) is 10.8. The average Bonchev–Trinajstić information content (AvgIpc) is 3.27. The first-order chi connectivity index (χ1) is 14.2. The lowest BCUT2D eigenvalue weighted by molar-refractivity contribution is -0.263. The van der Waals surface area contributed by atoms with E-state index in [1.165, 1.54) is 0 Å². The molecule has 0 spiro atoms. The fourth-order valence-electron chi connectivity index (χ4n) is 4.27. The van der Waals surface area contributed by atoms with Gasteiger partial charge < -0.3 is 38.3 Å². The van der Waals surface area contributed by atoms with E-state index < -0.39 is 35.7 Å². The van der Waals surface area contributed by atoms with Crippen molar-refractivity contribution in [3.05, 3.63) is 35.9 Å². The highest BCUT2D eigenvalue weighted by Crippen LogP contribution is 2.48. The van der Waals surface area contributed by atoms with Crippen LogP contribution in [0.5, 0.6) is 0 Å². The Morgan fingerprint density at radius 1 is 1.00 bits per heavy atom. The lowest BCUT2D eigenvalue weighted by Gasteiger charge is -2.29. The van der Waals surface area contributed by atoms with Gasteiger partial charge >= 0.3 is 0 Å². The summed E-state index contributed by atoms with van der Waals surface area (Å²) in [5.74, 6) is -1.58. The summed E-state index contributed by atoms with van der Waals surface area (Å²) in [6, 6.07) is 9.95. The molecule has 30 heavy (non-hydrogen) atoms. The molecule has 3 aliphatic rings. The van der Waals surface area contributed by atoms with Crippen molar-refractivity contribution in [2.24, 2.45) is 0 Å². The molecular formula is C22H32O8. The fraction of sp³-hybridized carbons (Fsp3) is 0.727. The van der Waals surface area contributed by atoms with Crippen LogP contribution in [-0.4, -0.2) is 73.3 Å². The molecule has 3 saturated heterocycles. The summed E-state index contributed by atoms with van der Waals surface area (Å²) in [4.78, 5) is 0. The van der Waals surface area contributed by atoms with Gasteiger partial charge in [0.05, 0.1) is 33.0 Å². The Labute approximate surface area is 177 Å². The zero-order valence-corrected chi connectivity index (χ0v) is 18.0. The van der Waals surface area contributed by atoms with Gasteiger partial charge in [0.15, 0.2) is 23.5 Å². The fourth-order valence-corrected chi connectivity index (χ4v) is 4.27. The topological polar surface area (TPSA) is 84.8 Å². The van der Waals surface area contributed by atoms with Crippen LogP contribution in [0, 0.1) is 0 Å². The van der Waals surface area contributed by atoms with E-state index in [1.54, 1.807) is 0 Å². The quantitative estimate of drug-likeness (QED) is 0.634. The molecule has 8 heteroatoms. The Morgan fingerprint density at radius 3 is 2.43 bits per heavy atom. The van der Waals surface area contributed by atoms with E-state index in [2.05, 4.69) is 0 Å². The minimum atomic E-state index is -1.20. The molecule has 4 rings (SSSR count). The molecule has 0 radical (unpaired) electrons. The molecule has 0 bridgehead atoms. The van der Waals surface area contributed by atoms with Gasteiger partial charge in [-0.2, -0.15) is 0 Å². The minimum Gasteiger partial charge on any atom is -0.376 e. The summed E-state index contributed by atoms with van der Waals surface area (Å²) in [6.07, 6.45) is -2.64. The second kappa shape index (κ2) is 8.44. The van der Waals surface area contributed by atoms with Crippen molar-refractivity contribution >= 4 is 0 Å². The molecule has 0 amide bonds. The van der Waals surface area contributed by atoms with Crippen LogP contribution in [0.3, 0.4) is 0 Å². The van der Waals surface area contributed by atoms with E-state index in [1.807, 2.05) is 58.0 Å². The molecule has 5 atom stereocenters. The van der Waals surface area contributed by atoms with Crippen LogP contribution in [0.4, 0.5) is 0 Å². The highest BCUT2D eigenvalue weighted by atomic mass is 16.8. The molecule has 168 valence electrons. The molecule has 0 aromatic heterocycles. The molecule has 3 fully saturated rings. The van der Waals surface area contributed by atoms with Gasteiger partial charge in [0.2, 0.25) is 0 Å². The second-order valence-corrected chi connectivity index (χ2v) is 8.91. The van der Waals surface area contributed by atoms with Crippen molar-refractivity contribution in [3.63, 3.8) is 0 Å². The SMILES string of the molecule is CC1(C)OCC(C2OC(O)C3(COCCOCc4ccccc4)OC(C)(C)OC23)O1. The number of hydrogen-bond donors (Lipinski definition) is 1. The molecular weight excluding hydrogens is 392 g/mol. The summed E-state index contributed by atoms with van der Waals surface area (Å²) in [7, 11) is 0. The van der Waals surface area contributed by atoms with E-state index in [0.29, 0.717) is 26.4 Å². The highest BCUT2D eigenvalue weighted by Gasteiger charge is 2.68. The largest absolute Gasteiger partial charge is 0.376 e. The molecule has 1 aromatic carbocycles. The number of ether oxygens (including phenoxy) is 7. The normalized spacial score (nSPS) is 36.8. The van der Waals surface area contributed by atoms with Crippen LogP contribution in [0.15, 0.2) is 30.3 Å². The monoisotopic (exact) mass is 424 g/mol. The van der Waals surface area contributed by atoms with Crippen LogP contribution in [0.1, 0.15) is 33.3 Å². The Hall–Kier alpha value is -1.10. The molecule has 3 heterocycles. The van der Waals surface area contributed by atoms with Crippen molar-refractivity contribution < 1.29 is 38.3 Å². The Balaban J connectivity index is 1.33. The molecule has 5 unspecified atom stereocenters. The number of fused-ring (bicyclic) bond motifs is 1. The molecule has 8 nitrogen and oxygen atoms in total. The predicted octanol–water partition coefficient (Wildman–Crippen LogP) is 1.98. The second-order valence-electron chi connectivity index (χ2n) is 8.91. The van der Waals surface area contributed by atoms with Crippen LogP contribution < -0.4 is 0 Å². The first-order valence-corrected chi connectivity index (χ1v) is 10.4. The summed E-state index contributed by atoms with van der Waals surface area (Å²) >= 11 is 0. The van der Waals surface area contributed by atoms with Crippen LogP contribution >= 0.6 is 0 Å². The number of aliphatic hydroxyl groups excluding tert-OH is 1. The Bertz CT molecular complexity index is 708. The van der Waals surface area contributed by atoms with E-state index >= 15 is 0 Å². The summed E-state index contributed by atoms with van der Waals surface area (Å²) in [5.41, 5.74) is -0.0291. The number of rotatable bonds is 8. The van der Waals surface area contributed by atoms with Gasteiger partial charge in [0, 0.05) is 0 Å². The van der Waals surface area contributed by atoms with Gasteiger partial charge in [-0.1, -0.05) is 30.3 Å². The van der Waals surface area contributed by atoms with Gasteiger partial charge in [0.25, 0.3) is 0 Å². The van der Waals surface area contributed by atoms with Gasteiger partial charge in [-0.15, -0.1) is 0 Å². The Kier molecular flexibility index (Phi) is 6.22. The first-order valence-electron chi connectivity index (χ1n) is 10.4. The van der Waals surface area contributed by atoms with Gasteiger partial charge in [-0.05, 0) is 33.3 Å². The lowest BCUT2D eigenvalue weighted by Crippen LogP contribution is -2.52. The maximum absolute atomic E-state index is 10.8. The van der Waals surface area contributed by atoms with Crippen molar-refractivity contribution in [3.8, 4) is 0 Å². The third kappa shape index (κ3) is 4.56. The van der Waals surface area contributed by atoms with E-state index in [4.69, 9.17) is 33.2 Å². The number of aliphatic hydroxyl groups is 1. The van der Waals surface area contributed by atoms with E-state index in [0.717, 1.165) is 5.56 Å². The van der Waals surface area contributed by atoms with E-state index in [-0.39, 0.29) is 12.7 Å². The van der Waals surface area contributed by atoms with Crippen molar-refractivity contribution in [2.45, 2.75) is 76.1 Å². The highest BCUT2D eigenvalue weighted by molar-refractivity contribution is 5.13. The number of hydrogen-bond acceptors (Lipinski definition) is 8. The maximum atomic E-state index is 10.8. The maximum Gasteiger partial charge on any atom is 0.189 e. The van der Waals surface area contributed by atoms with Gasteiger partial charge in [0.1, 0.15) is 18.3 Å². The Morgan fingerprint density at radius 2 is 1.73 bits per heavy atom. The van der Waals surface area contributed by atoms with Crippen molar-refractivity contribution in [1.82, 2.24) is 0 Å². The average molecular weight is 424 g/mol. The molecule has 0 aliphatic carbocycles. The number of benzene rings is 1. The first kappa shape index (κ1) is 22.1. The molecule has 3 aliphatic heterocycles. The van der Waals surface area contributed by atoms with Crippen LogP contribution in [-0.2, 0) is 39.8 Å². The van der Waals surface area contributed by atoms with Crippen LogP contribution in [0.25, 0.3) is 0 Å². The summed E-state index contributed by atoms with van der Waals surface area (Å²) < 4.78 is 41.2. The third-order valence-electron chi connectivity index (χ3n) is 5.54. The predicted molar refractivity (Wildman–Crippen MR) is 105 cm³/mol. The minimum absolute atomic E-state index is 0.116. The third-order valence-corrected chi connectivity index (χ3v) is 5.54. The van der Waals surface area contributed by atoms with Crippen molar-refractivity contribution in [2.75, 3.05) is 26.4 Å². The summed E-state index contributed by atoms with van der Waals surface area (Å²) in [6.45, 7) is 9.10. The zero-order valence-electron chi connectivity index (χ0n) is 18.0. The van der Waals surface area contributed by atoms with Crippen molar-refractivity contribution in [1.29, 1.82) is 0 Å². The van der Waals surface area contributed by atoms with Gasteiger partial charge in [-0.3, -0.25) is 0 Å². The lowest BCUT2D eigenvalue weighted by atomic mass is 9.94. The zero-order chi connectivity index (χ0) is 21.4. The molecule has 1 aromatic rings. The standard InChI is InChI=1S/C22H32O8/c1-20(2)26-13-16(28-20)17-18-22(19(23)27-17,30-21(3,4)29-18)14-25-11-10-24-12-15-8-6-5-7-9-15/h5-9,16-19,23H,10-14H2,1-4H3. The van der Waals surface area contributed by atoms with Crippen LogP contribution in [0.2, 0.25) is 0 Å². The molecule has 1 N–H and O–H groups in total. The smallest absolute Gasteiger partial charge is 0.189 e. The molecule has 0 saturated carbocycles. The van der Waals surface area contributed by atoms with Gasteiger partial charge in [-0.25, -0.2) is 0 Å². The van der Waals surface area contributed by atoms with E-state index in [9.17, 15) is 5.11 Å².